The molecule has 1 fully saturated rings. The molecule has 7 heteroatoms. The van der Waals surface area contributed by atoms with Crippen LogP contribution in [0.1, 0.15) is 31.7 Å². The maximum Gasteiger partial charge on any atom is 0.233 e. The fourth-order valence-electron chi connectivity index (χ4n) is 2.60. The zero-order chi connectivity index (χ0) is 16.0. The van der Waals surface area contributed by atoms with Crippen molar-refractivity contribution in [1.82, 2.24) is 9.62 Å². The van der Waals surface area contributed by atoms with Gasteiger partial charge in [0.1, 0.15) is 0 Å². The Bertz CT molecular complexity index is 595. The van der Waals surface area contributed by atoms with E-state index < -0.39 is 10.0 Å². The van der Waals surface area contributed by atoms with E-state index in [0.717, 1.165) is 44.5 Å². The van der Waals surface area contributed by atoms with Gasteiger partial charge in [-0.1, -0.05) is 30.7 Å². The van der Waals surface area contributed by atoms with Gasteiger partial charge in [0.25, 0.3) is 0 Å². The van der Waals surface area contributed by atoms with Crippen LogP contribution in [0.3, 0.4) is 0 Å². The molecule has 0 atom stereocenters. The van der Waals surface area contributed by atoms with Gasteiger partial charge in [0.05, 0.1) is 0 Å². The molecule has 0 spiro atoms. The third-order valence-electron chi connectivity index (χ3n) is 3.77. The predicted molar refractivity (Wildman–Crippen MR) is 99.5 cm³/mol. The molecule has 1 aliphatic rings. The summed E-state index contributed by atoms with van der Waals surface area (Å²) in [5, 5.41) is 1.87. The Morgan fingerprint density at radius 2 is 1.87 bits per heavy atom. The Kier molecular flexibility index (Phi) is 8.58. The van der Waals surface area contributed by atoms with Crippen LogP contribution in [0.25, 0.3) is 6.08 Å². The third kappa shape index (κ3) is 7.23. The summed E-state index contributed by atoms with van der Waals surface area (Å²) in [7, 11) is -3.40. The summed E-state index contributed by atoms with van der Waals surface area (Å²) in [5.41, 5.74) is 0.813. The summed E-state index contributed by atoms with van der Waals surface area (Å²) in [6.45, 7) is 5.18. The van der Waals surface area contributed by atoms with Gasteiger partial charge < -0.3 is 4.90 Å². The van der Waals surface area contributed by atoms with Crippen molar-refractivity contribution in [2.75, 3.05) is 19.6 Å². The van der Waals surface area contributed by atoms with Crippen molar-refractivity contribution < 1.29 is 8.42 Å². The smallest absolute Gasteiger partial charge is 0.233 e. The van der Waals surface area contributed by atoms with Crippen molar-refractivity contribution >= 4 is 40.1 Å². The van der Waals surface area contributed by atoms with E-state index in [9.17, 15) is 8.42 Å². The van der Waals surface area contributed by atoms with E-state index in [1.807, 2.05) is 0 Å². The maximum atomic E-state index is 12.1. The third-order valence-corrected chi connectivity index (χ3v) is 5.18. The number of piperidine rings is 1. The SMILES string of the molecule is CCCN1CCC(NS(=O)(=O)/C=C/c2ccc(Cl)cc2)CC1.Cl. The molecule has 0 amide bonds. The Balaban J connectivity index is 0.00000264. The molecule has 1 aromatic rings. The molecular formula is C16H24Cl2N2O2S. The van der Waals surface area contributed by atoms with Crippen molar-refractivity contribution in [1.29, 1.82) is 0 Å². The highest BCUT2D eigenvalue weighted by Crippen LogP contribution is 2.13. The average Bonchev–Trinajstić information content (AvgIpc) is 2.49. The van der Waals surface area contributed by atoms with E-state index in [0.29, 0.717) is 5.02 Å². The first-order valence-electron chi connectivity index (χ1n) is 7.67. The van der Waals surface area contributed by atoms with Crippen LogP contribution in [0, 0.1) is 0 Å². The van der Waals surface area contributed by atoms with Gasteiger partial charge in [0.2, 0.25) is 10.0 Å². The maximum absolute atomic E-state index is 12.1. The molecule has 2 rings (SSSR count). The molecule has 0 unspecified atom stereocenters. The molecule has 1 heterocycles. The first-order valence-corrected chi connectivity index (χ1v) is 9.59. The lowest BCUT2D eigenvalue weighted by molar-refractivity contribution is 0.208. The molecule has 1 aliphatic heterocycles. The van der Waals surface area contributed by atoms with Gasteiger partial charge in [0.15, 0.2) is 0 Å². The molecule has 0 saturated carbocycles. The van der Waals surface area contributed by atoms with Crippen molar-refractivity contribution in [3.05, 3.63) is 40.3 Å². The van der Waals surface area contributed by atoms with Crippen LogP contribution in [0.5, 0.6) is 0 Å². The average molecular weight is 379 g/mol. The molecular weight excluding hydrogens is 355 g/mol. The Labute approximate surface area is 150 Å². The number of rotatable bonds is 6. The van der Waals surface area contributed by atoms with E-state index >= 15 is 0 Å². The number of sulfonamides is 1. The van der Waals surface area contributed by atoms with Crippen molar-refractivity contribution in [2.45, 2.75) is 32.2 Å². The summed E-state index contributed by atoms with van der Waals surface area (Å²) in [6.07, 6.45) is 4.47. The van der Waals surface area contributed by atoms with Gasteiger partial charge in [-0.15, -0.1) is 12.4 Å². The minimum absolute atomic E-state index is 0. The summed E-state index contributed by atoms with van der Waals surface area (Å²) in [5.74, 6) is 0. The van der Waals surface area contributed by atoms with Crippen LogP contribution in [0.15, 0.2) is 29.7 Å². The van der Waals surface area contributed by atoms with Crippen LogP contribution in [0.4, 0.5) is 0 Å². The summed E-state index contributed by atoms with van der Waals surface area (Å²) in [4.78, 5) is 2.38. The van der Waals surface area contributed by atoms with E-state index in [1.165, 1.54) is 5.41 Å². The van der Waals surface area contributed by atoms with Gasteiger partial charge in [-0.3, -0.25) is 0 Å². The lowest BCUT2D eigenvalue weighted by Gasteiger charge is -2.31. The normalized spacial score (nSPS) is 17.3. The highest BCUT2D eigenvalue weighted by molar-refractivity contribution is 7.92. The van der Waals surface area contributed by atoms with Crippen LogP contribution >= 0.6 is 24.0 Å². The molecule has 0 aromatic heterocycles. The standard InChI is InChI=1S/C16H23ClN2O2S.ClH/c1-2-10-19-11-7-16(8-12-19)18-22(20,21)13-9-14-3-5-15(17)6-4-14;/h3-6,9,13,16,18H,2,7-8,10-12H2,1H3;1H/b13-9+;. The first-order chi connectivity index (χ1) is 10.5. The number of benzene rings is 1. The number of nitrogens with zero attached hydrogens (tertiary/aromatic N) is 1. The van der Waals surface area contributed by atoms with E-state index in [-0.39, 0.29) is 18.4 Å². The van der Waals surface area contributed by atoms with Crippen LogP contribution in [-0.2, 0) is 10.0 Å². The molecule has 1 N–H and O–H groups in total. The number of likely N-dealkylation sites (tertiary alicyclic amines) is 1. The number of hydrogen-bond acceptors (Lipinski definition) is 3. The first kappa shape index (κ1) is 20.5. The summed E-state index contributed by atoms with van der Waals surface area (Å²) >= 11 is 5.81. The van der Waals surface area contributed by atoms with Crippen molar-refractivity contribution in [3.8, 4) is 0 Å². The Hall–Kier alpha value is -0.590. The fourth-order valence-corrected chi connectivity index (χ4v) is 3.85. The molecule has 4 nitrogen and oxygen atoms in total. The lowest BCUT2D eigenvalue weighted by atomic mass is 10.1. The van der Waals surface area contributed by atoms with E-state index in [1.54, 1.807) is 30.3 Å². The molecule has 0 aliphatic carbocycles. The molecule has 23 heavy (non-hydrogen) atoms. The molecule has 130 valence electrons. The van der Waals surface area contributed by atoms with Crippen LogP contribution < -0.4 is 4.72 Å². The highest BCUT2D eigenvalue weighted by atomic mass is 35.5. The van der Waals surface area contributed by atoms with Crippen molar-refractivity contribution in [3.63, 3.8) is 0 Å². The van der Waals surface area contributed by atoms with E-state index in [2.05, 4.69) is 16.5 Å². The largest absolute Gasteiger partial charge is 0.303 e. The lowest BCUT2D eigenvalue weighted by Crippen LogP contribution is -2.44. The zero-order valence-corrected chi connectivity index (χ0v) is 15.6. The molecule has 1 aromatic carbocycles. The minimum atomic E-state index is -3.40. The van der Waals surface area contributed by atoms with Crippen molar-refractivity contribution in [2.24, 2.45) is 0 Å². The Morgan fingerprint density at radius 1 is 1.26 bits per heavy atom. The van der Waals surface area contributed by atoms with Crippen LogP contribution in [-0.4, -0.2) is 39.0 Å². The second-order valence-electron chi connectivity index (χ2n) is 5.63. The number of nitrogens with one attached hydrogen (secondary N) is 1. The summed E-state index contributed by atoms with van der Waals surface area (Å²) < 4.78 is 27.0. The summed E-state index contributed by atoms with van der Waals surface area (Å²) in [6, 6.07) is 7.10. The molecule has 1 saturated heterocycles. The minimum Gasteiger partial charge on any atom is -0.303 e. The second kappa shape index (κ2) is 9.64. The zero-order valence-electron chi connectivity index (χ0n) is 13.2. The monoisotopic (exact) mass is 378 g/mol. The van der Waals surface area contributed by atoms with Gasteiger partial charge in [-0.2, -0.15) is 0 Å². The van der Waals surface area contributed by atoms with E-state index in [4.69, 9.17) is 11.6 Å². The van der Waals surface area contributed by atoms with Gasteiger partial charge in [-0.05, 0) is 62.7 Å². The fraction of sp³-hybridized carbons (Fsp3) is 0.500. The topological polar surface area (TPSA) is 49.4 Å². The van der Waals surface area contributed by atoms with Crippen LogP contribution in [0.2, 0.25) is 5.02 Å². The number of hydrogen-bond donors (Lipinski definition) is 1. The van der Waals surface area contributed by atoms with Gasteiger partial charge in [-0.25, -0.2) is 13.1 Å². The highest BCUT2D eigenvalue weighted by Gasteiger charge is 2.21. The predicted octanol–water partition coefficient (Wildman–Crippen LogP) is 3.53. The number of halogens is 2. The second-order valence-corrected chi connectivity index (χ2v) is 7.67. The molecule has 0 bridgehead atoms. The Morgan fingerprint density at radius 3 is 2.43 bits per heavy atom. The van der Waals surface area contributed by atoms with Gasteiger partial charge in [0, 0.05) is 16.5 Å². The molecule has 0 radical (unpaired) electrons. The quantitative estimate of drug-likeness (QED) is 0.823. The van der Waals surface area contributed by atoms with Gasteiger partial charge >= 0.3 is 0 Å².